The van der Waals surface area contributed by atoms with Gasteiger partial charge in [0.25, 0.3) is 0 Å². The highest BCUT2D eigenvalue weighted by molar-refractivity contribution is 7.12. The quantitative estimate of drug-likeness (QED) is 0.838. The maximum absolute atomic E-state index is 6.13. The normalized spacial score (nSPS) is 18.7. The molecule has 0 saturated carbocycles. The highest BCUT2D eigenvalue weighted by Gasteiger charge is 2.13. The number of hydrogen-bond donors (Lipinski definition) is 1. The van der Waals surface area contributed by atoms with Gasteiger partial charge in [-0.25, -0.2) is 0 Å². The molecule has 1 aromatic rings. The van der Waals surface area contributed by atoms with Crippen LogP contribution in [-0.2, 0) is 6.54 Å². The van der Waals surface area contributed by atoms with Gasteiger partial charge in [0.15, 0.2) is 0 Å². The third-order valence-corrected chi connectivity index (χ3v) is 3.94. The molecule has 1 fully saturated rings. The van der Waals surface area contributed by atoms with Crippen molar-refractivity contribution in [3.05, 3.63) is 20.8 Å². The third kappa shape index (κ3) is 2.48. The molecule has 2 heterocycles. The van der Waals surface area contributed by atoms with Gasteiger partial charge in [-0.15, -0.1) is 11.3 Å². The second-order valence-corrected chi connectivity index (χ2v) is 5.40. The van der Waals surface area contributed by atoms with Crippen LogP contribution in [0.3, 0.4) is 0 Å². The molecule has 1 aliphatic heterocycles. The molecule has 1 saturated heterocycles. The maximum Gasteiger partial charge on any atom is 0.0561 e. The number of aryl methyl sites for hydroxylation is 1. The number of halogens is 1. The van der Waals surface area contributed by atoms with Crippen LogP contribution < -0.4 is 5.32 Å². The maximum atomic E-state index is 6.13. The Hall–Kier alpha value is -0.0900. The Balaban J connectivity index is 1.98. The summed E-state index contributed by atoms with van der Waals surface area (Å²) in [6.45, 7) is 7.58. The van der Waals surface area contributed by atoms with Gasteiger partial charge >= 0.3 is 0 Å². The zero-order valence-electron chi connectivity index (χ0n) is 8.35. The summed E-state index contributed by atoms with van der Waals surface area (Å²) in [6.07, 6.45) is 0. The molecule has 0 atom stereocenters. The van der Waals surface area contributed by atoms with E-state index in [1.807, 2.05) is 11.3 Å². The van der Waals surface area contributed by atoms with E-state index in [2.05, 4.69) is 23.2 Å². The number of piperazine rings is 1. The lowest BCUT2D eigenvalue weighted by Gasteiger charge is -2.26. The Bertz CT molecular complexity index is 305. The molecule has 1 aliphatic rings. The van der Waals surface area contributed by atoms with Gasteiger partial charge in [0, 0.05) is 42.5 Å². The summed E-state index contributed by atoms with van der Waals surface area (Å²) in [5, 5.41) is 4.29. The third-order valence-electron chi connectivity index (χ3n) is 2.46. The van der Waals surface area contributed by atoms with E-state index in [-0.39, 0.29) is 0 Å². The molecular weight excluding hydrogens is 216 g/mol. The fourth-order valence-electron chi connectivity index (χ4n) is 1.71. The minimum Gasteiger partial charge on any atom is -0.314 e. The fourth-order valence-corrected chi connectivity index (χ4v) is 3.08. The number of nitrogens with zero attached hydrogens (tertiary/aromatic N) is 1. The molecule has 78 valence electrons. The van der Waals surface area contributed by atoms with Crippen molar-refractivity contribution in [1.29, 1.82) is 0 Å². The smallest absolute Gasteiger partial charge is 0.0561 e. The molecule has 0 aliphatic carbocycles. The number of hydrogen-bond acceptors (Lipinski definition) is 3. The lowest BCUT2D eigenvalue weighted by Crippen LogP contribution is -2.42. The number of nitrogens with one attached hydrogen (secondary N) is 1. The van der Waals surface area contributed by atoms with Gasteiger partial charge in [-0.1, -0.05) is 11.6 Å². The SMILES string of the molecule is Cc1cc(Cl)c(CN2CCNCC2)s1. The first-order valence-electron chi connectivity index (χ1n) is 4.93. The molecule has 0 radical (unpaired) electrons. The van der Waals surface area contributed by atoms with E-state index >= 15 is 0 Å². The second-order valence-electron chi connectivity index (χ2n) is 3.65. The molecule has 0 unspecified atom stereocenters. The van der Waals surface area contributed by atoms with Crippen LogP contribution in [-0.4, -0.2) is 31.1 Å². The van der Waals surface area contributed by atoms with E-state index in [0.717, 1.165) is 37.7 Å². The Morgan fingerprint density at radius 2 is 2.21 bits per heavy atom. The number of rotatable bonds is 2. The fraction of sp³-hybridized carbons (Fsp3) is 0.600. The summed E-state index contributed by atoms with van der Waals surface area (Å²) in [5.74, 6) is 0. The van der Waals surface area contributed by atoms with Crippen molar-refractivity contribution < 1.29 is 0 Å². The van der Waals surface area contributed by atoms with E-state index < -0.39 is 0 Å². The van der Waals surface area contributed by atoms with Crippen LogP contribution in [0.25, 0.3) is 0 Å². The standard InChI is InChI=1S/C10H15ClN2S/c1-8-6-9(11)10(14-8)7-13-4-2-12-3-5-13/h6,12H,2-5,7H2,1H3. The molecule has 2 nitrogen and oxygen atoms in total. The molecule has 2 rings (SSSR count). The van der Waals surface area contributed by atoms with Crippen molar-refractivity contribution in [2.24, 2.45) is 0 Å². The predicted octanol–water partition coefficient (Wildman–Crippen LogP) is 2.12. The average molecular weight is 231 g/mol. The highest BCUT2D eigenvalue weighted by Crippen LogP contribution is 2.27. The van der Waals surface area contributed by atoms with Crippen LogP contribution in [0, 0.1) is 6.92 Å². The van der Waals surface area contributed by atoms with Crippen molar-refractivity contribution in [3.63, 3.8) is 0 Å². The monoisotopic (exact) mass is 230 g/mol. The molecule has 1 aromatic heterocycles. The summed E-state index contributed by atoms with van der Waals surface area (Å²) in [6, 6.07) is 2.06. The molecular formula is C10H15ClN2S. The average Bonchev–Trinajstić information content (AvgIpc) is 2.47. The zero-order valence-corrected chi connectivity index (χ0v) is 9.92. The van der Waals surface area contributed by atoms with Crippen LogP contribution in [0.5, 0.6) is 0 Å². The molecule has 0 spiro atoms. The molecule has 4 heteroatoms. The van der Waals surface area contributed by atoms with E-state index in [4.69, 9.17) is 11.6 Å². The first-order valence-corrected chi connectivity index (χ1v) is 6.13. The molecule has 1 N–H and O–H groups in total. The summed E-state index contributed by atoms with van der Waals surface area (Å²) in [4.78, 5) is 5.07. The summed E-state index contributed by atoms with van der Waals surface area (Å²) < 4.78 is 0. The Morgan fingerprint density at radius 1 is 1.50 bits per heavy atom. The summed E-state index contributed by atoms with van der Waals surface area (Å²) in [5.41, 5.74) is 0. The van der Waals surface area contributed by atoms with Crippen molar-refractivity contribution in [2.45, 2.75) is 13.5 Å². The van der Waals surface area contributed by atoms with Crippen molar-refractivity contribution in [2.75, 3.05) is 26.2 Å². The van der Waals surface area contributed by atoms with E-state index in [1.54, 1.807) is 0 Å². The highest BCUT2D eigenvalue weighted by atomic mass is 35.5. The Kier molecular flexibility index (Phi) is 3.44. The molecule has 0 amide bonds. The zero-order chi connectivity index (χ0) is 9.97. The topological polar surface area (TPSA) is 15.3 Å². The van der Waals surface area contributed by atoms with E-state index in [0.29, 0.717) is 0 Å². The largest absolute Gasteiger partial charge is 0.314 e. The van der Waals surface area contributed by atoms with Gasteiger partial charge in [-0.05, 0) is 13.0 Å². The van der Waals surface area contributed by atoms with Crippen LogP contribution >= 0.6 is 22.9 Å². The molecule has 14 heavy (non-hydrogen) atoms. The lowest BCUT2D eigenvalue weighted by molar-refractivity contribution is 0.235. The van der Waals surface area contributed by atoms with Gasteiger partial charge < -0.3 is 5.32 Å². The first kappa shape index (κ1) is 10.4. The minimum atomic E-state index is 0.936. The van der Waals surface area contributed by atoms with E-state index in [9.17, 15) is 0 Å². The van der Waals surface area contributed by atoms with Crippen molar-refractivity contribution in [3.8, 4) is 0 Å². The van der Waals surface area contributed by atoms with Gasteiger partial charge in [0.05, 0.1) is 5.02 Å². The van der Waals surface area contributed by atoms with Crippen molar-refractivity contribution >= 4 is 22.9 Å². The van der Waals surface area contributed by atoms with E-state index in [1.165, 1.54) is 9.75 Å². The van der Waals surface area contributed by atoms with Gasteiger partial charge in [-0.3, -0.25) is 4.90 Å². The van der Waals surface area contributed by atoms with Crippen LogP contribution in [0.1, 0.15) is 9.75 Å². The molecule has 0 aromatic carbocycles. The minimum absolute atomic E-state index is 0.936. The Morgan fingerprint density at radius 3 is 2.79 bits per heavy atom. The molecule has 0 bridgehead atoms. The van der Waals surface area contributed by atoms with Crippen LogP contribution in [0.4, 0.5) is 0 Å². The second kappa shape index (κ2) is 4.62. The number of thiophene rings is 1. The van der Waals surface area contributed by atoms with Crippen molar-refractivity contribution in [1.82, 2.24) is 10.2 Å². The van der Waals surface area contributed by atoms with Crippen LogP contribution in [0.2, 0.25) is 5.02 Å². The van der Waals surface area contributed by atoms with Gasteiger partial charge in [-0.2, -0.15) is 0 Å². The summed E-state index contributed by atoms with van der Waals surface area (Å²) >= 11 is 7.95. The summed E-state index contributed by atoms with van der Waals surface area (Å²) in [7, 11) is 0. The predicted molar refractivity (Wildman–Crippen MR) is 62.2 cm³/mol. The lowest BCUT2D eigenvalue weighted by atomic mass is 10.3. The first-order chi connectivity index (χ1) is 6.75. The Labute approximate surface area is 93.9 Å². The van der Waals surface area contributed by atoms with Crippen LogP contribution in [0.15, 0.2) is 6.07 Å². The van der Waals surface area contributed by atoms with Gasteiger partial charge in [0.2, 0.25) is 0 Å². The van der Waals surface area contributed by atoms with Gasteiger partial charge in [0.1, 0.15) is 0 Å².